The molecule has 16 heavy (non-hydrogen) atoms. The molecule has 0 aromatic heterocycles. The molecule has 0 aliphatic rings. The van der Waals surface area contributed by atoms with E-state index in [1.807, 2.05) is 26.8 Å². The molecular formula is C11H19N3O2. The van der Waals surface area contributed by atoms with Gasteiger partial charge in [0.15, 0.2) is 5.54 Å². The Morgan fingerprint density at radius 2 is 1.94 bits per heavy atom. The van der Waals surface area contributed by atoms with E-state index in [4.69, 9.17) is 10.4 Å². The zero-order valence-electron chi connectivity index (χ0n) is 10.3. The summed E-state index contributed by atoms with van der Waals surface area (Å²) in [6.45, 7) is 7.43. The van der Waals surface area contributed by atoms with E-state index in [0.29, 0.717) is 0 Å². The summed E-state index contributed by atoms with van der Waals surface area (Å²) < 4.78 is 0. The van der Waals surface area contributed by atoms with Gasteiger partial charge in [0.05, 0.1) is 11.6 Å². The van der Waals surface area contributed by atoms with Crippen LogP contribution in [-0.4, -0.2) is 22.2 Å². The van der Waals surface area contributed by atoms with Crippen LogP contribution in [0.4, 0.5) is 0 Å². The molecule has 1 unspecified atom stereocenters. The summed E-state index contributed by atoms with van der Waals surface area (Å²) in [7, 11) is 0. The predicted molar refractivity (Wildman–Crippen MR) is 60.1 cm³/mol. The monoisotopic (exact) mass is 225 g/mol. The predicted octanol–water partition coefficient (Wildman–Crippen LogP) is 2.77. The van der Waals surface area contributed by atoms with Gasteiger partial charge in [0.25, 0.3) is 0 Å². The number of carboxylic acid groups (broad SMARTS) is 1. The number of hydrogen-bond acceptors (Lipinski definition) is 4. The van der Waals surface area contributed by atoms with Crippen LogP contribution in [0.1, 0.15) is 47.0 Å². The zero-order valence-corrected chi connectivity index (χ0v) is 10.3. The molecule has 0 amide bonds. The van der Waals surface area contributed by atoms with Crippen LogP contribution in [0.3, 0.4) is 0 Å². The average molecular weight is 225 g/mol. The van der Waals surface area contributed by atoms with Crippen LogP contribution >= 0.6 is 0 Å². The molecule has 0 spiro atoms. The van der Waals surface area contributed by atoms with Gasteiger partial charge >= 0.3 is 5.97 Å². The highest BCUT2D eigenvalue weighted by Gasteiger charge is 2.25. The normalized spacial score (nSPS) is 15.7. The largest absolute Gasteiger partial charge is 0.481 e. The van der Waals surface area contributed by atoms with Crippen LogP contribution in [0.25, 0.3) is 0 Å². The van der Waals surface area contributed by atoms with Crippen LogP contribution in [0.5, 0.6) is 0 Å². The smallest absolute Gasteiger partial charge is 0.303 e. The van der Waals surface area contributed by atoms with Gasteiger partial charge in [-0.25, -0.2) is 0 Å². The second kappa shape index (κ2) is 5.59. The van der Waals surface area contributed by atoms with Gasteiger partial charge in [0.1, 0.15) is 0 Å². The molecule has 1 atom stereocenters. The van der Waals surface area contributed by atoms with Crippen molar-refractivity contribution >= 4 is 5.97 Å². The van der Waals surface area contributed by atoms with Gasteiger partial charge in [-0.3, -0.25) is 4.79 Å². The fraction of sp³-hybridized carbons (Fsp3) is 0.818. The van der Waals surface area contributed by atoms with Gasteiger partial charge in [0.2, 0.25) is 0 Å². The number of nitriles is 1. The zero-order chi connectivity index (χ0) is 12.8. The van der Waals surface area contributed by atoms with E-state index in [2.05, 4.69) is 10.2 Å². The summed E-state index contributed by atoms with van der Waals surface area (Å²) in [5.41, 5.74) is -1.34. The lowest BCUT2D eigenvalue weighted by Gasteiger charge is -2.19. The number of nitrogens with zero attached hydrogens (tertiary/aromatic N) is 3. The van der Waals surface area contributed by atoms with E-state index in [1.165, 1.54) is 0 Å². The van der Waals surface area contributed by atoms with Crippen molar-refractivity contribution in [1.29, 1.82) is 5.26 Å². The molecule has 5 nitrogen and oxygen atoms in total. The molecule has 0 aromatic carbocycles. The minimum atomic E-state index is -1.04. The number of carbonyl (C=O) groups is 1. The Hall–Kier alpha value is -1.44. The summed E-state index contributed by atoms with van der Waals surface area (Å²) in [6, 6.07) is 2.01. The van der Waals surface area contributed by atoms with Gasteiger partial charge in [-0.1, -0.05) is 6.92 Å². The minimum absolute atomic E-state index is 0.0738. The fourth-order valence-corrected chi connectivity index (χ4v) is 0.795. The van der Waals surface area contributed by atoms with E-state index in [0.717, 1.165) is 6.42 Å². The van der Waals surface area contributed by atoms with Crippen molar-refractivity contribution in [2.75, 3.05) is 0 Å². The molecule has 0 aliphatic carbocycles. The lowest BCUT2D eigenvalue weighted by atomic mass is 9.99. The van der Waals surface area contributed by atoms with Crippen LogP contribution < -0.4 is 0 Å². The highest BCUT2D eigenvalue weighted by atomic mass is 16.4. The molecule has 1 N–H and O–H groups in total. The van der Waals surface area contributed by atoms with Crippen LogP contribution in [0, 0.1) is 11.3 Å². The van der Waals surface area contributed by atoms with Crippen LogP contribution in [-0.2, 0) is 4.79 Å². The second-order valence-electron chi connectivity index (χ2n) is 4.65. The first-order valence-electron chi connectivity index (χ1n) is 5.32. The summed E-state index contributed by atoms with van der Waals surface area (Å²) in [6.07, 6.45) is 0.925. The molecule has 0 rings (SSSR count). The standard InChI is InChI=1S/C11H19N3O2/c1-5-10(2,3)13-14-11(4,8-12)7-6-9(15)16/h5-7H2,1-4H3,(H,15,16). The maximum absolute atomic E-state index is 10.4. The first kappa shape index (κ1) is 14.6. The molecule has 5 heteroatoms. The Balaban J connectivity index is 4.61. The van der Waals surface area contributed by atoms with Gasteiger partial charge in [-0.05, 0) is 33.6 Å². The lowest BCUT2D eigenvalue weighted by molar-refractivity contribution is -0.137. The highest BCUT2D eigenvalue weighted by molar-refractivity contribution is 5.66. The number of hydrogen-bond donors (Lipinski definition) is 1. The van der Waals surface area contributed by atoms with E-state index in [1.54, 1.807) is 6.92 Å². The maximum Gasteiger partial charge on any atom is 0.303 e. The SMILES string of the molecule is CCC(C)(C)N=NC(C)(C#N)CCC(=O)O. The summed E-state index contributed by atoms with van der Waals surface area (Å²) in [5, 5.41) is 25.6. The molecule has 0 saturated carbocycles. The van der Waals surface area contributed by atoms with Crippen molar-refractivity contribution in [2.45, 2.75) is 58.0 Å². The van der Waals surface area contributed by atoms with Crippen LogP contribution in [0.15, 0.2) is 10.2 Å². The van der Waals surface area contributed by atoms with Crippen molar-refractivity contribution in [1.82, 2.24) is 0 Å². The summed E-state index contributed by atoms with van der Waals surface area (Å²) in [4.78, 5) is 10.4. The number of carboxylic acids is 1. The van der Waals surface area contributed by atoms with Gasteiger partial charge < -0.3 is 5.11 Å². The Morgan fingerprint density at radius 1 is 1.38 bits per heavy atom. The Morgan fingerprint density at radius 3 is 2.31 bits per heavy atom. The molecule has 0 fully saturated rings. The Kier molecular flexibility index (Phi) is 5.09. The first-order valence-corrected chi connectivity index (χ1v) is 5.32. The molecule has 0 heterocycles. The molecule has 90 valence electrons. The lowest BCUT2D eigenvalue weighted by Crippen LogP contribution is -2.23. The van der Waals surface area contributed by atoms with E-state index >= 15 is 0 Å². The Bertz CT molecular complexity index is 318. The summed E-state index contributed by atoms with van der Waals surface area (Å²) >= 11 is 0. The first-order chi connectivity index (χ1) is 7.24. The molecule has 0 radical (unpaired) electrons. The number of azo groups is 1. The third-order valence-corrected chi connectivity index (χ3v) is 2.47. The molecule has 0 bridgehead atoms. The third-order valence-electron chi connectivity index (χ3n) is 2.47. The maximum atomic E-state index is 10.4. The van der Waals surface area contributed by atoms with Gasteiger partial charge in [0, 0.05) is 6.42 Å². The minimum Gasteiger partial charge on any atom is -0.481 e. The summed E-state index contributed by atoms with van der Waals surface area (Å²) in [5.74, 6) is -0.925. The molecule has 0 saturated heterocycles. The van der Waals surface area contributed by atoms with Crippen molar-refractivity contribution in [3.8, 4) is 6.07 Å². The Labute approximate surface area is 96.2 Å². The van der Waals surface area contributed by atoms with E-state index in [-0.39, 0.29) is 18.4 Å². The topological polar surface area (TPSA) is 85.8 Å². The third kappa shape index (κ3) is 5.44. The molecule has 0 aliphatic heterocycles. The van der Waals surface area contributed by atoms with Gasteiger partial charge in [-0.15, -0.1) is 0 Å². The van der Waals surface area contributed by atoms with E-state index in [9.17, 15) is 4.79 Å². The quantitative estimate of drug-likeness (QED) is 0.705. The van der Waals surface area contributed by atoms with Crippen molar-refractivity contribution in [2.24, 2.45) is 10.2 Å². The van der Waals surface area contributed by atoms with Crippen molar-refractivity contribution in [3.63, 3.8) is 0 Å². The molecule has 0 aromatic rings. The fourth-order valence-electron chi connectivity index (χ4n) is 0.795. The second-order valence-corrected chi connectivity index (χ2v) is 4.65. The number of rotatable bonds is 6. The van der Waals surface area contributed by atoms with Crippen molar-refractivity contribution in [3.05, 3.63) is 0 Å². The van der Waals surface area contributed by atoms with Crippen LogP contribution in [0.2, 0.25) is 0 Å². The van der Waals surface area contributed by atoms with E-state index < -0.39 is 11.5 Å². The number of aliphatic carboxylic acids is 1. The van der Waals surface area contributed by atoms with Crippen molar-refractivity contribution < 1.29 is 9.90 Å². The average Bonchev–Trinajstić information content (AvgIpc) is 2.24. The van der Waals surface area contributed by atoms with Gasteiger partial charge in [-0.2, -0.15) is 15.5 Å². The highest BCUT2D eigenvalue weighted by Crippen LogP contribution is 2.21. The molecular weight excluding hydrogens is 206 g/mol.